The molecule has 1 amide bonds. The van der Waals surface area contributed by atoms with E-state index in [0.29, 0.717) is 17.0 Å². The van der Waals surface area contributed by atoms with Crippen LogP contribution in [0.1, 0.15) is 17.5 Å². The largest absolute Gasteiger partial charge is 0.268 e. The molecule has 0 aromatic heterocycles. The maximum absolute atomic E-state index is 12.0. The van der Waals surface area contributed by atoms with Crippen molar-refractivity contribution in [1.82, 2.24) is 5.43 Å². The zero-order valence-electron chi connectivity index (χ0n) is 11.5. The van der Waals surface area contributed by atoms with Crippen LogP contribution in [0.15, 0.2) is 63.7 Å². The molecule has 2 aromatic carbocycles. The zero-order chi connectivity index (χ0) is 15.5. The van der Waals surface area contributed by atoms with E-state index < -0.39 is 0 Å². The number of halogens is 2. The normalized spacial score (nSPS) is 16.4. The minimum atomic E-state index is -0.171. The standard InChI is InChI=1S/C17H12BrClN2O/c18-14-5-3-12(4-6-14)16-10-13(17(22)21-20-16)9-11-1-7-15(19)8-2-11/h1-9H,10H2,(H,21,22). The van der Waals surface area contributed by atoms with E-state index in [1.54, 1.807) is 12.1 Å². The highest BCUT2D eigenvalue weighted by Gasteiger charge is 2.19. The predicted molar refractivity (Wildman–Crippen MR) is 92.9 cm³/mol. The van der Waals surface area contributed by atoms with Crippen LogP contribution < -0.4 is 5.43 Å². The molecule has 0 atom stereocenters. The third-order valence-electron chi connectivity index (χ3n) is 3.33. The molecular weight excluding hydrogens is 364 g/mol. The average molecular weight is 376 g/mol. The van der Waals surface area contributed by atoms with Crippen LogP contribution in [0.3, 0.4) is 0 Å². The molecule has 1 aliphatic heterocycles. The van der Waals surface area contributed by atoms with Crippen LogP contribution in [0, 0.1) is 0 Å². The Balaban J connectivity index is 1.87. The summed E-state index contributed by atoms with van der Waals surface area (Å²) >= 11 is 9.29. The van der Waals surface area contributed by atoms with Crippen LogP contribution in [-0.4, -0.2) is 11.6 Å². The van der Waals surface area contributed by atoms with Crippen LogP contribution in [0.4, 0.5) is 0 Å². The molecule has 0 unspecified atom stereocenters. The molecule has 3 nitrogen and oxygen atoms in total. The van der Waals surface area contributed by atoms with Crippen molar-refractivity contribution in [2.75, 3.05) is 0 Å². The highest BCUT2D eigenvalue weighted by atomic mass is 79.9. The fourth-order valence-corrected chi connectivity index (χ4v) is 2.57. The summed E-state index contributed by atoms with van der Waals surface area (Å²) in [6.45, 7) is 0. The van der Waals surface area contributed by atoms with Crippen molar-refractivity contribution in [3.63, 3.8) is 0 Å². The summed E-state index contributed by atoms with van der Waals surface area (Å²) in [4.78, 5) is 12.0. The third-order valence-corrected chi connectivity index (χ3v) is 4.11. The maximum Gasteiger partial charge on any atom is 0.267 e. The highest BCUT2D eigenvalue weighted by Crippen LogP contribution is 2.20. The Morgan fingerprint density at radius 1 is 1.09 bits per heavy atom. The lowest BCUT2D eigenvalue weighted by Crippen LogP contribution is -2.28. The Bertz CT molecular complexity index is 764. The molecule has 0 spiro atoms. The van der Waals surface area contributed by atoms with Gasteiger partial charge in [0.05, 0.1) is 5.71 Å². The van der Waals surface area contributed by atoms with Crippen LogP contribution in [0.5, 0.6) is 0 Å². The van der Waals surface area contributed by atoms with Crippen LogP contribution in [0.25, 0.3) is 6.08 Å². The highest BCUT2D eigenvalue weighted by molar-refractivity contribution is 9.10. The molecule has 1 heterocycles. The van der Waals surface area contributed by atoms with Gasteiger partial charge in [-0.2, -0.15) is 5.10 Å². The van der Waals surface area contributed by atoms with Crippen LogP contribution >= 0.6 is 27.5 Å². The Morgan fingerprint density at radius 3 is 2.45 bits per heavy atom. The number of carbonyl (C=O) groups excluding carboxylic acids is 1. The molecule has 22 heavy (non-hydrogen) atoms. The summed E-state index contributed by atoms with van der Waals surface area (Å²) in [5.41, 5.74) is 6.01. The zero-order valence-corrected chi connectivity index (χ0v) is 13.9. The second-order valence-corrected chi connectivity index (χ2v) is 6.26. The first-order valence-electron chi connectivity index (χ1n) is 6.71. The van der Waals surface area contributed by atoms with Crippen molar-refractivity contribution in [1.29, 1.82) is 0 Å². The van der Waals surface area contributed by atoms with Gasteiger partial charge in [0.2, 0.25) is 0 Å². The van der Waals surface area contributed by atoms with E-state index in [2.05, 4.69) is 26.5 Å². The molecule has 0 bridgehead atoms. The minimum Gasteiger partial charge on any atom is -0.268 e. The van der Waals surface area contributed by atoms with E-state index >= 15 is 0 Å². The van der Waals surface area contributed by atoms with E-state index in [1.165, 1.54) is 0 Å². The number of hydrazone groups is 1. The van der Waals surface area contributed by atoms with Gasteiger partial charge >= 0.3 is 0 Å². The number of hydrogen-bond donors (Lipinski definition) is 1. The quantitative estimate of drug-likeness (QED) is 0.776. The lowest BCUT2D eigenvalue weighted by atomic mass is 9.99. The summed E-state index contributed by atoms with van der Waals surface area (Å²) in [7, 11) is 0. The van der Waals surface area contributed by atoms with Gasteiger partial charge in [0.1, 0.15) is 0 Å². The van der Waals surface area contributed by atoms with E-state index in [1.807, 2.05) is 42.5 Å². The van der Waals surface area contributed by atoms with Gasteiger partial charge in [-0.1, -0.05) is 51.8 Å². The molecule has 110 valence electrons. The summed E-state index contributed by atoms with van der Waals surface area (Å²) in [5.74, 6) is -0.171. The van der Waals surface area contributed by atoms with Crippen molar-refractivity contribution in [2.24, 2.45) is 5.10 Å². The van der Waals surface area contributed by atoms with Gasteiger partial charge in [0, 0.05) is 21.5 Å². The second kappa shape index (κ2) is 6.46. The molecule has 0 radical (unpaired) electrons. The van der Waals surface area contributed by atoms with E-state index in [0.717, 1.165) is 21.3 Å². The van der Waals surface area contributed by atoms with E-state index in [-0.39, 0.29) is 5.91 Å². The molecule has 1 aliphatic rings. The summed E-state index contributed by atoms with van der Waals surface area (Å²) in [6, 6.07) is 15.2. The monoisotopic (exact) mass is 374 g/mol. The summed E-state index contributed by atoms with van der Waals surface area (Å²) in [6.07, 6.45) is 2.36. The SMILES string of the molecule is O=C1NN=C(c2ccc(Br)cc2)CC1=Cc1ccc(Cl)cc1. The van der Waals surface area contributed by atoms with Gasteiger partial charge in [-0.05, 0) is 41.5 Å². The third kappa shape index (κ3) is 3.46. The minimum absolute atomic E-state index is 0.171. The topological polar surface area (TPSA) is 41.5 Å². The van der Waals surface area contributed by atoms with E-state index in [9.17, 15) is 4.79 Å². The molecule has 5 heteroatoms. The van der Waals surface area contributed by atoms with Gasteiger partial charge in [-0.15, -0.1) is 0 Å². The number of benzene rings is 2. The Morgan fingerprint density at radius 2 is 1.77 bits per heavy atom. The molecule has 0 fully saturated rings. The fourth-order valence-electron chi connectivity index (χ4n) is 2.18. The Hall–Kier alpha value is -1.91. The lowest BCUT2D eigenvalue weighted by Gasteiger charge is -2.15. The fraction of sp³-hybridized carbons (Fsp3) is 0.0588. The first-order valence-corrected chi connectivity index (χ1v) is 7.88. The van der Waals surface area contributed by atoms with E-state index in [4.69, 9.17) is 11.6 Å². The van der Waals surface area contributed by atoms with Crippen molar-refractivity contribution < 1.29 is 4.79 Å². The van der Waals surface area contributed by atoms with Gasteiger partial charge in [-0.3, -0.25) is 4.79 Å². The molecule has 2 aromatic rings. The van der Waals surface area contributed by atoms with Gasteiger partial charge < -0.3 is 0 Å². The number of nitrogens with one attached hydrogen (secondary N) is 1. The number of nitrogens with zero attached hydrogens (tertiary/aromatic N) is 1. The van der Waals surface area contributed by atoms with Gasteiger partial charge in [0.25, 0.3) is 5.91 Å². The summed E-state index contributed by atoms with van der Waals surface area (Å²) < 4.78 is 1.01. The van der Waals surface area contributed by atoms with Crippen LogP contribution in [-0.2, 0) is 4.79 Å². The molecular formula is C17H12BrClN2O. The summed E-state index contributed by atoms with van der Waals surface area (Å²) in [5, 5.41) is 4.83. The van der Waals surface area contributed by atoms with Crippen molar-refractivity contribution >= 4 is 45.2 Å². The predicted octanol–water partition coefficient (Wildman–Crippen LogP) is 4.41. The van der Waals surface area contributed by atoms with Crippen molar-refractivity contribution in [3.05, 3.63) is 74.7 Å². The lowest BCUT2D eigenvalue weighted by molar-refractivity contribution is -0.117. The first kappa shape index (κ1) is 15.0. The number of amides is 1. The first-order chi connectivity index (χ1) is 10.6. The molecule has 3 rings (SSSR count). The molecule has 0 saturated heterocycles. The van der Waals surface area contributed by atoms with Crippen LogP contribution in [0.2, 0.25) is 5.02 Å². The number of carbonyl (C=O) groups is 1. The molecule has 0 aliphatic carbocycles. The maximum atomic E-state index is 12.0. The molecule has 0 saturated carbocycles. The van der Waals surface area contributed by atoms with Gasteiger partial charge in [-0.25, -0.2) is 5.43 Å². The van der Waals surface area contributed by atoms with Crippen molar-refractivity contribution in [3.8, 4) is 0 Å². The Labute approximate surface area is 141 Å². The second-order valence-electron chi connectivity index (χ2n) is 4.90. The Kier molecular flexibility index (Phi) is 4.41. The number of hydrogen-bond acceptors (Lipinski definition) is 2. The smallest absolute Gasteiger partial charge is 0.267 e. The van der Waals surface area contributed by atoms with Crippen molar-refractivity contribution in [2.45, 2.75) is 6.42 Å². The van der Waals surface area contributed by atoms with Gasteiger partial charge in [0.15, 0.2) is 0 Å². The average Bonchev–Trinajstić information content (AvgIpc) is 2.52. The number of rotatable bonds is 2. The molecule has 1 N–H and O–H groups in total.